The number of hydrogen-bond donors (Lipinski definition) is 2. The molecule has 8 heteroatoms. The largest absolute Gasteiger partial charge is 0.493 e. The summed E-state index contributed by atoms with van der Waals surface area (Å²) in [6, 6.07) is 18.4. The van der Waals surface area contributed by atoms with Gasteiger partial charge in [0.25, 0.3) is 5.91 Å². The van der Waals surface area contributed by atoms with Gasteiger partial charge in [0.15, 0.2) is 0 Å². The maximum absolute atomic E-state index is 12.2. The van der Waals surface area contributed by atoms with E-state index in [-0.39, 0.29) is 5.91 Å². The van der Waals surface area contributed by atoms with Crippen molar-refractivity contribution in [2.24, 2.45) is 0 Å². The van der Waals surface area contributed by atoms with E-state index in [0.29, 0.717) is 23.1 Å². The SMILES string of the molecule is O=C(Nc1nncs1)c1ccc(NCc2ccc(-c3ccc4c(c3)CCCO4)cc2)nc1. The zero-order chi connectivity index (χ0) is 21.8. The minimum absolute atomic E-state index is 0.259. The molecule has 0 fully saturated rings. The summed E-state index contributed by atoms with van der Waals surface area (Å²) in [5.41, 5.74) is 6.85. The maximum atomic E-state index is 12.2. The highest BCUT2D eigenvalue weighted by molar-refractivity contribution is 7.13. The fraction of sp³-hybridized carbons (Fsp3) is 0.167. The third-order valence-corrected chi connectivity index (χ3v) is 5.88. The van der Waals surface area contributed by atoms with Gasteiger partial charge in [-0.1, -0.05) is 41.7 Å². The second kappa shape index (κ2) is 9.15. The average Bonchev–Trinajstić information content (AvgIpc) is 3.36. The molecule has 0 bridgehead atoms. The van der Waals surface area contributed by atoms with Crippen molar-refractivity contribution in [3.8, 4) is 16.9 Å². The Morgan fingerprint density at radius 2 is 1.94 bits per heavy atom. The summed E-state index contributed by atoms with van der Waals surface area (Å²) in [6.07, 6.45) is 3.69. The molecular formula is C24H21N5O2S. The Bertz CT molecular complexity index is 1210. The molecule has 4 aromatic rings. The molecule has 32 heavy (non-hydrogen) atoms. The Labute approximate surface area is 189 Å². The number of anilines is 2. The molecule has 2 N–H and O–H groups in total. The first-order chi connectivity index (χ1) is 15.7. The summed E-state index contributed by atoms with van der Waals surface area (Å²) in [6.45, 7) is 1.45. The minimum Gasteiger partial charge on any atom is -0.493 e. The zero-order valence-corrected chi connectivity index (χ0v) is 18.1. The van der Waals surface area contributed by atoms with Crippen molar-refractivity contribution in [2.75, 3.05) is 17.2 Å². The van der Waals surface area contributed by atoms with Gasteiger partial charge in [-0.05, 0) is 59.4 Å². The van der Waals surface area contributed by atoms with Crippen LogP contribution in [0.4, 0.5) is 10.9 Å². The van der Waals surface area contributed by atoms with Crippen LogP contribution in [0.3, 0.4) is 0 Å². The highest BCUT2D eigenvalue weighted by Crippen LogP contribution is 2.30. The Kier molecular flexibility index (Phi) is 5.76. The number of carbonyl (C=O) groups excluding carboxylic acids is 1. The van der Waals surface area contributed by atoms with Crippen LogP contribution in [-0.2, 0) is 13.0 Å². The normalized spacial score (nSPS) is 12.5. The number of nitrogens with one attached hydrogen (secondary N) is 2. The van der Waals surface area contributed by atoms with E-state index in [0.717, 1.165) is 30.8 Å². The number of fused-ring (bicyclic) bond motifs is 1. The fourth-order valence-corrected chi connectivity index (χ4v) is 4.02. The highest BCUT2D eigenvalue weighted by atomic mass is 32.1. The van der Waals surface area contributed by atoms with E-state index < -0.39 is 0 Å². The number of hydrogen-bond acceptors (Lipinski definition) is 7. The molecule has 0 radical (unpaired) electrons. The summed E-state index contributed by atoms with van der Waals surface area (Å²) in [4.78, 5) is 16.5. The second-order valence-corrected chi connectivity index (χ2v) is 8.29. The number of pyridine rings is 1. The van der Waals surface area contributed by atoms with Crippen LogP contribution in [0.1, 0.15) is 27.9 Å². The van der Waals surface area contributed by atoms with E-state index in [2.05, 4.69) is 68.3 Å². The van der Waals surface area contributed by atoms with E-state index in [4.69, 9.17) is 4.74 Å². The van der Waals surface area contributed by atoms with Crippen LogP contribution in [0.25, 0.3) is 11.1 Å². The van der Waals surface area contributed by atoms with Crippen LogP contribution >= 0.6 is 11.3 Å². The highest BCUT2D eigenvalue weighted by Gasteiger charge is 2.11. The summed E-state index contributed by atoms with van der Waals surface area (Å²) in [5, 5.41) is 13.9. The third-order valence-electron chi connectivity index (χ3n) is 5.28. The first-order valence-corrected chi connectivity index (χ1v) is 11.2. The molecular weight excluding hydrogens is 422 g/mol. The summed E-state index contributed by atoms with van der Waals surface area (Å²) in [5.74, 6) is 1.46. The zero-order valence-electron chi connectivity index (χ0n) is 17.2. The molecule has 160 valence electrons. The number of ether oxygens (including phenoxy) is 1. The third kappa shape index (κ3) is 4.60. The first-order valence-electron chi connectivity index (χ1n) is 10.4. The average molecular weight is 444 g/mol. The Morgan fingerprint density at radius 1 is 1.06 bits per heavy atom. The number of benzene rings is 2. The van der Waals surface area contributed by atoms with Crippen LogP contribution in [0.5, 0.6) is 5.75 Å². The molecule has 2 aromatic carbocycles. The molecule has 0 saturated heterocycles. The van der Waals surface area contributed by atoms with Crippen LogP contribution < -0.4 is 15.4 Å². The van der Waals surface area contributed by atoms with E-state index >= 15 is 0 Å². The summed E-state index contributed by atoms with van der Waals surface area (Å²) >= 11 is 1.27. The Morgan fingerprint density at radius 3 is 2.72 bits per heavy atom. The monoisotopic (exact) mass is 443 g/mol. The molecule has 3 heterocycles. The van der Waals surface area contributed by atoms with Gasteiger partial charge in [-0.3, -0.25) is 10.1 Å². The number of amides is 1. The molecule has 0 spiro atoms. The van der Waals surface area contributed by atoms with E-state index in [1.54, 1.807) is 23.8 Å². The van der Waals surface area contributed by atoms with Crippen LogP contribution in [0, 0.1) is 0 Å². The number of nitrogens with zero attached hydrogens (tertiary/aromatic N) is 3. The fourth-order valence-electron chi connectivity index (χ4n) is 3.58. The lowest BCUT2D eigenvalue weighted by Gasteiger charge is -2.18. The van der Waals surface area contributed by atoms with E-state index in [1.165, 1.54) is 28.0 Å². The molecule has 1 aliphatic heterocycles. The van der Waals surface area contributed by atoms with Gasteiger partial charge < -0.3 is 10.1 Å². The molecule has 5 rings (SSSR count). The minimum atomic E-state index is -0.259. The molecule has 0 aliphatic carbocycles. The molecule has 0 atom stereocenters. The Hall–Kier alpha value is -3.78. The molecule has 1 amide bonds. The molecule has 1 aliphatic rings. The first kappa shape index (κ1) is 20.1. The topological polar surface area (TPSA) is 89.0 Å². The van der Waals surface area contributed by atoms with Gasteiger partial charge in [0.1, 0.15) is 17.1 Å². The lowest BCUT2D eigenvalue weighted by Crippen LogP contribution is -2.12. The maximum Gasteiger partial charge on any atom is 0.259 e. The molecule has 2 aromatic heterocycles. The van der Waals surface area contributed by atoms with Crippen molar-refractivity contribution in [3.63, 3.8) is 0 Å². The van der Waals surface area contributed by atoms with Gasteiger partial charge in [0, 0.05) is 12.7 Å². The Balaban J connectivity index is 1.19. The van der Waals surface area contributed by atoms with Gasteiger partial charge in [0.05, 0.1) is 12.2 Å². The molecule has 7 nitrogen and oxygen atoms in total. The predicted octanol–water partition coefficient (Wildman–Crippen LogP) is 4.79. The van der Waals surface area contributed by atoms with Crippen molar-refractivity contribution in [1.82, 2.24) is 15.2 Å². The standard InChI is InChI=1S/C24H21N5O2S/c30-23(28-24-29-27-15-32-24)20-8-10-22(26-14-20)25-13-16-3-5-17(6-4-16)18-7-9-21-19(12-18)2-1-11-31-21/h3-10,12,14-15H,1-2,11,13H2,(H,25,26)(H,28,29,30). The summed E-state index contributed by atoms with van der Waals surface area (Å²) < 4.78 is 5.71. The van der Waals surface area contributed by atoms with Gasteiger partial charge in [-0.2, -0.15) is 0 Å². The van der Waals surface area contributed by atoms with Crippen molar-refractivity contribution in [1.29, 1.82) is 0 Å². The number of rotatable bonds is 6. The number of carbonyl (C=O) groups is 1. The van der Waals surface area contributed by atoms with Crippen molar-refractivity contribution >= 4 is 28.2 Å². The van der Waals surface area contributed by atoms with Gasteiger partial charge >= 0.3 is 0 Å². The van der Waals surface area contributed by atoms with Crippen LogP contribution in [-0.4, -0.2) is 27.7 Å². The smallest absolute Gasteiger partial charge is 0.259 e. The predicted molar refractivity (Wildman–Crippen MR) is 125 cm³/mol. The van der Waals surface area contributed by atoms with E-state index in [9.17, 15) is 4.79 Å². The molecule has 0 unspecified atom stereocenters. The van der Waals surface area contributed by atoms with Crippen molar-refractivity contribution in [3.05, 3.63) is 83.0 Å². The van der Waals surface area contributed by atoms with Crippen LogP contribution in [0.15, 0.2) is 66.3 Å². The van der Waals surface area contributed by atoms with Crippen LogP contribution in [0.2, 0.25) is 0 Å². The van der Waals surface area contributed by atoms with Gasteiger partial charge in [0.2, 0.25) is 5.13 Å². The molecule has 0 saturated carbocycles. The second-order valence-electron chi connectivity index (χ2n) is 7.46. The van der Waals surface area contributed by atoms with Crippen molar-refractivity contribution < 1.29 is 9.53 Å². The van der Waals surface area contributed by atoms with Gasteiger partial charge in [-0.25, -0.2) is 4.98 Å². The van der Waals surface area contributed by atoms with Gasteiger partial charge in [-0.15, -0.1) is 10.2 Å². The van der Waals surface area contributed by atoms with Crippen molar-refractivity contribution in [2.45, 2.75) is 19.4 Å². The number of aromatic nitrogens is 3. The lowest BCUT2D eigenvalue weighted by molar-refractivity contribution is 0.102. The quantitative estimate of drug-likeness (QED) is 0.445. The lowest BCUT2D eigenvalue weighted by atomic mass is 9.98. The number of aryl methyl sites for hydroxylation is 1. The summed E-state index contributed by atoms with van der Waals surface area (Å²) in [7, 11) is 0. The van der Waals surface area contributed by atoms with E-state index in [1.807, 2.05) is 0 Å².